The minimum Gasteiger partial charge on any atom is -0.427 e. The SMILES string of the molecule is CO[SiH2]CCC(OC)OC. The van der Waals surface area contributed by atoms with Crippen LogP contribution < -0.4 is 0 Å². The Kier molecular flexibility index (Phi) is 7.28. The second-order valence-electron chi connectivity index (χ2n) is 2.04. The summed E-state index contributed by atoms with van der Waals surface area (Å²) in [6, 6.07) is 1.11. The predicted octanol–water partition coefficient (Wildman–Crippen LogP) is 0.144. The average molecular weight is 164 g/mol. The zero-order chi connectivity index (χ0) is 7.82. The first-order valence-electron chi connectivity index (χ1n) is 3.39. The van der Waals surface area contributed by atoms with E-state index in [0.29, 0.717) is 0 Å². The lowest BCUT2D eigenvalue weighted by atomic mass is 10.5. The maximum atomic E-state index is 5.01. The van der Waals surface area contributed by atoms with Crippen LogP contribution in [-0.2, 0) is 13.9 Å². The first-order valence-corrected chi connectivity index (χ1v) is 4.97. The van der Waals surface area contributed by atoms with Crippen LogP contribution in [0, 0.1) is 0 Å². The van der Waals surface area contributed by atoms with Crippen LogP contribution in [0.4, 0.5) is 0 Å². The number of rotatable bonds is 6. The Balaban J connectivity index is 3.09. The van der Waals surface area contributed by atoms with Crippen molar-refractivity contribution in [2.45, 2.75) is 18.8 Å². The van der Waals surface area contributed by atoms with Crippen molar-refractivity contribution in [3.05, 3.63) is 0 Å². The van der Waals surface area contributed by atoms with E-state index in [4.69, 9.17) is 13.9 Å². The highest BCUT2D eigenvalue weighted by molar-refractivity contribution is 6.26. The van der Waals surface area contributed by atoms with E-state index in [1.165, 1.54) is 0 Å². The lowest BCUT2D eigenvalue weighted by molar-refractivity contribution is -0.103. The van der Waals surface area contributed by atoms with Crippen LogP contribution in [0.3, 0.4) is 0 Å². The fourth-order valence-corrected chi connectivity index (χ4v) is 1.51. The highest BCUT2D eigenvalue weighted by Crippen LogP contribution is 2.00. The summed E-state index contributed by atoms with van der Waals surface area (Å²) in [5.74, 6) is 0. The Morgan fingerprint density at radius 1 is 1.20 bits per heavy atom. The second kappa shape index (κ2) is 7.21. The molecule has 0 spiro atoms. The van der Waals surface area contributed by atoms with Crippen molar-refractivity contribution >= 4 is 9.76 Å². The van der Waals surface area contributed by atoms with Crippen molar-refractivity contribution in [3.63, 3.8) is 0 Å². The van der Waals surface area contributed by atoms with Gasteiger partial charge in [0.15, 0.2) is 16.1 Å². The molecule has 0 bridgehead atoms. The molecule has 0 aromatic heterocycles. The smallest absolute Gasteiger partial charge is 0.161 e. The van der Waals surface area contributed by atoms with Crippen LogP contribution in [0.15, 0.2) is 0 Å². The van der Waals surface area contributed by atoms with Crippen molar-refractivity contribution in [1.82, 2.24) is 0 Å². The Bertz CT molecular complexity index is 66.0. The first-order chi connectivity index (χ1) is 4.85. The third kappa shape index (κ3) is 4.93. The minimum absolute atomic E-state index is 0.0392. The molecule has 4 heteroatoms. The zero-order valence-corrected chi connectivity index (χ0v) is 8.34. The van der Waals surface area contributed by atoms with Crippen LogP contribution in [0.1, 0.15) is 6.42 Å². The van der Waals surface area contributed by atoms with Gasteiger partial charge in [0, 0.05) is 21.3 Å². The summed E-state index contributed by atoms with van der Waals surface area (Å²) in [7, 11) is 4.76. The fraction of sp³-hybridized carbons (Fsp3) is 1.00. The van der Waals surface area contributed by atoms with Crippen molar-refractivity contribution in [1.29, 1.82) is 0 Å². The maximum absolute atomic E-state index is 5.01. The molecule has 0 amide bonds. The van der Waals surface area contributed by atoms with E-state index in [-0.39, 0.29) is 16.1 Å². The van der Waals surface area contributed by atoms with Gasteiger partial charge in [-0.2, -0.15) is 0 Å². The third-order valence-corrected chi connectivity index (χ3v) is 2.42. The summed E-state index contributed by atoms with van der Waals surface area (Å²) < 4.78 is 15.0. The maximum Gasteiger partial charge on any atom is 0.161 e. The van der Waals surface area contributed by atoms with Gasteiger partial charge in [0.2, 0.25) is 0 Å². The zero-order valence-electron chi connectivity index (χ0n) is 6.92. The van der Waals surface area contributed by atoms with Crippen molar-refractivity contribution in [2.75, 3.05) is 21.3 Å². The van der Waals surface area contributed by atoms with Crippen LogP contribution in [0.2, 0.25) is 6.04 Å². The van der Waals surface area contributed by atoms with Gasteiger partial charge >= 0.3 is 0 Å². The fourth-order valence-electron chi connectivity index (χ4n) is 0.726. The molecule has 0 aromatic carbocycles. The van der Waals surface area contributed by atoms with E-state index in [1.807, 2.05) is 0 Å². The summed E-state index contributed by atoms with van der Waals surface area (Å²) in [5.41, 5.74) is 0. The van der Waals surface area contributed by atoms with Gasteiger partial charge < -0.3 is 13.9 Å². The number of methoxy groups -OCH3 is 2. The van der Waals surface area contributed by atoms with Gasteiger partial charge in [0.1, 0.15) is 0 Å². The quantitative estimate of drug-likeness (QED) is 0.317. The molecule has 0 aromatic rings. The molecule has 0 saturated heterocycles. The Morgan fingerprint density at radius 3 is 2.20 bits per heavy atom. The van der Waals surface area contributed by atoms with Gasteiger partial charge in [0.25, 0.3) is 0 Å². The largest absolute Gasteiger partial charge is 0.427 e. The number of hydrogen-bond acceptors (Lipinski definition) is 3. The van der Waals surface area contributed by atoms with Crippen molar-refractivity contribution in [2.24, 2.45) is 0 Å². The van der Waals surface area contributed by atoms with E-state index in [2.05, 4.69) is 0 Å². The first kappa shape index (κ1) is 10.1. The molecule has 3 nitrogen and oxygen atoms in total. The summed E-state index contributed by atoms with van der Waals surface area (Å²) in [5, 5.41) is 0. The molecular weight excluding hydrogens is 148 g/mol. The highest BCUT2D eigenvalue weighted by atomic mass is 28.2. The van der Waals surface area contributed by atoms with E-state index in [9.17, 15) is 0 Å². The topological polar surface area (TPSA) is 27.7 Å². The molecule has 10 heavy (non-hydrogen) atoms. The molecule has 0 atom stereocenters. The van der Waals surface area contributed by atoms with Gasteiger partial charge in [-0.3, -0.25) is 0 Å². The van der Waals surface area contributed by atoms with Gasteiger partial charge in [-0.25, -0.2) is 0 Å². The summed E-state index contributed by atoms with van der Waals surface area (Å²) >= 11 is 0. The van der Waals surface area contributed by atoms with E-state index in [1.54, 1.807) is 21.3 Å². The van der Waals surface area contributed by atoms with Gasteiger partial charge in [-0.1, -0.05) is 0 Å². The number of ether oxygens (including phenoxy) is 2. The highest BCUT2D eigenvalue weighted by Gasteiger charge is 2.02. The van der Waals surface area contributed by atoms with Crippen LogP contribution in [0.5, 0.6) is 0 Å². The molecule has 0 rings (SSSR count). The second-order valence-corrected chi connectivity index (χ2v) is 3.73. The molecule has 0 aliphatic heterocycles. The molecular formula is C6H16O3Si. The Hall–Kier alpha value is 0.0969. The van der Waals surface area contributed by atoms with Crippen LogP contribution in [-0.4, -0.2) is 37.4 Å². The van der Waals surface area contributed by atoms with E-state index >= 15 is 0 Å². The van der Waals surface area contributed by atoms with Gasteiger partial charge in [-0.05, 0) is 12.5 Å². The Morgan fingerprint density at radius 2 is 1.80 bits per heavy atom. The van der Waals surface area contributed by atoms with Gasteiger partial charge in [0.05, 0.1) is 0 Å². The lowest BCUT2D eigenvalue weighted by Gasteiger charge is -2.11. The molecule has 0 fully saturated rings. The summed E-state index contributed by atoms with van der Waals surface area (Å²) in [4.78, 5) is 0. The van der Waals surface area contributed by atoms with E-state index in [0.717, 1.165) is 12.5 Å². The molecule has 62 valence electrons. The van der Waals surface area contributed by atoms with Gasteiger partial charge in [-0.15, -0.1) is 0 Å². The molecule has 0 radical (unpaired) electrons. The minimum atomic E-state index is -0.300. The molecule has 0 heterocycles. The van der Waals surface area contributed by atoms with Crippen molar-refractivity contribution in [3.8, 4) is 0 Å². The predicted molar refractivity (Wildman–Crippen MR) is 42.8 cm³/mol. The molecule has 0 aliphatic carbocycles. The third-order valence-electron chi connectivity index (χ3n) is 1.31. The monoisotopic (exact) mass is 164 g/mol. The molecule has 0 unspecified atom stereocenters. The molecule has 0 aliphatic rings. The standard InChI is InChI=1S/C6H16O3Si/c1-7-6(8-2)4-5-10-9-3/h6H,4-5,10H2,1-3H3. The normalized spacial score (nSPS) is 12.0. The summed E-state index contributed by atoms with van der Waals surface area (Å²) in [6.45, 7) is 0. The number of hydrogen-bond donors (Lipinski definition) is 0. The summed E-state index contributed by atoms with van der Waals surface area (Å²) in [6.07, 6.45) is 0.912. The van der Waals surface area contributed by atoms with Crippen LogP contribution >= 0.6 is 0 Å². The Labute approximate surface area is 64.6 Å². The molecule has 0 saturated carbocycles. The lowest BCUT2D eigenvalue weighted by Crippen LogP contribution is -2.13. The van der Waals surface area contributed by atoms with Crippen LogP contribution in [0.25, 0.3) is 0 Å². The average Bonchev–Trinajstić information content (AvgIpc) is 1.99. The van der Waals surface area contributed by atoms with Crippen molar-refractivity contribution < 1.29 is 13.9 Å². The molecule has 0 N–H and O–H groups in total. The van der Waals surface area contributed by atoms with E-state index < -0.39 is 0 Å².